The van der Waals surface area contributed by atoms with E-state index in [1.807, 2.05) is 0 Å². The zero-order valence-electron chi connectivity index (χ0n) is 13.8. The third kappa shape index (κ3) is 3.71. The number of carbonyl (C=O) groups is 1. The van der Waals surface area contributed by atoms with Gasteiger partial charge in [0.15, 0.2) is 0 Å². The number of nitrogens with zero attached hydrogens (tertiary/aromatic N) is 1. The number of halogens is 4. The molecule has 1 aliphatic rings. The van der Waals surface area contributed by atoms with E-state index in [0.717, 1.165) is 44.0 Å². The molecule has 1 N–H and O–H groups in total. The second-order valence-electron chi connectivity index (χ2n) is 6.56. The van der Waals surface area contributed by atoms with Crippen LogP contribution in [0.4, 0.5) is 17.6 Å². The van der Waals surface area contributed by atoms with E-state index in [1.54, 1.807) is 0 Å². The minimum Gasteiger partial charge on any atom is -0.481 e. The van der Waals surface area contributed by atoms with E-state index in [0.29, 0.717) is 11.8 Å². The highest BCUT2D eigenvalue weighted by Gasteiger charge is 2.33. The molecule has 7 heteroatoms. The molecular formula is C19H17F4NO2. The van der Waals surface area contributed by atoms with Crippen molar-refractivity contribution in [2.75, 3.05) is 0 Å². The minimum atomic E-state index is -4.57. The SMILES string of the molecule is O=C(O)C(c1ccc(-c2cncc(C(F)(F)F)c2)c(F)c1)C1CCCC1. The van der Waals surface area contributed by atoms with Crippen molar-refractivity contribution in [3.63, 3.8) is 0 Å². The lowest BCUT2D eigenvalue weighted by molar-refractivity contribution is -0.140. The summed E-state index contributed by atoms with van der Waals surface area (Å²) in [5.74, 6) is -2.62. The minimum absolute atomic E-state index is 0.00313. The Morgan fingerprint density at radius 1 is 1.15 bits per heavy atom. The topological polar surface area (TPSA) is 50.2 Å². The molecule has 1 aromatic heterocycles. The summed E-state index contributed by atoms with van der Waals surface area (Å²) >= 11 is 0. The summed E-state index contributed by atoms with van der Waals surface area (Å²) in [5.41, 5.74) is -0.669. The Labute approximate surface area is 147 Å². The zero-order chi connectivity index (χ0) is 18.9. The van der Waals surface area contributed by atoms with E-state index < -0.39 is 29.4 Å². The Balaban J connectivity index is 1.96. The number of aliphatic carboxylic acids is 1. The fourth-order valence-electron chi connectivity index (χ4n) is 3.61. The van der Waals surface area contributed by atoms with Crippen LogP contribution in [0, 0.1) is 11.7 Å². The molecule has 0 aliphatic heterocycles. The Kier molecular flexibility index (Phi) is 4.98. The molecule has 3 nitrogen and oxygen atoms in total. The number of rotatable bonds is 4. The van der Waals surface area contributed by atoms with Crippen LogP contribution >= 0.6 is 0 Å². The molecule has 1 heterocycles. The normalized spacial score (nSPS) is 16.6. The molecule has 1 unspecified atom stereocenters. The summed E-state index contributed by atoms with van der Waals surface area (Å²) in [4.78, 5) is 15.2. The molecule has 0 bridgehead atoms. The highest BCUT2D eigenvalue weighted by atomic mass is 19.4. The summed E-state index contributed by atoms with van der Waals surface area (Å²) in [6.07, 6.45) is 0.706. The van der Waals surface area contributed by atoms with Crippen LogP contribution in [0.15, 0.2) is 36.7 Å². The lowest BCUT2D eigenvalue weighted by Gasteiger charge is -2.20. The number of carboxylic acids is 1. The van der Waals surface area contributed by atoms with Crippen LogP contribution in [0.2, 0.25) is 0 Å². The van der Waals surface area contributed by atoms with E-state index in [2.05, 4.69) is 4.98 Å². The van der Waals surface area contributed by atoms with E-state index in [4.69, 9.17) is 0 Å². The fourth-order valence-corrected chi connectivity index (χ4v) is 3.61. The molecule has 1 fully saturated rings. The number of hydrogen-bond acceptors (Lipinski definition) is 2. The molecule has 1 atom stereocenters. The molecule has 2 aromatic rings. The second kappa shape index (κ2) is 7.05. The molecule has 3 rings (SSSR count). The van der Waals surface area contributed by atoms with Crippen molar-refractivity contribution in [3.05, 3.63) is 53.6 Å². The maximum absolute atomic E-state index is 14.6. The van der Waals surface area contributed by atoms with Crippen molar-refractivity contribution in [2.45, 2.75) is 37.8 Å². The van der Waals surface area contributed by atoms with Crippen LogP contribution in [0.5, 0.6) is 0 Å². The van der Waals surface area contributed by atoms with Gasteiger partial charge in [-0.05, 0) is 36.5 Å². The smallest absolute Gasteiger partial charge is 0.417 e. The maximum atomic E-state index is 14.6. The molecule has 26 heavy (non-hydrogen) atoms. The first-order chi connectivity index (χ1) is 12.3. The molecule has 0 saturated heterocycles. The predicted molar refractivity (Wildman–Crippen MR) is 87.0 cm³/mol. The van der Waals surface area contributed by atoms with Crippen LogP contribution in [-0.2, 0) is 11.0 Å². The molecule has 1 aliphatic carbocycles. The summed E-state index contributed by atoms with van der Waals surface area (Å²) < 4.78 is 53.0. The van der Waals surface area contributed by atoms with Gasteiger partial charge in [-0.3, -0.25) is 9.78 Å². The highest BCUT2D eigenvalue weighted by molar-refractivity contribution is 5.77. The predicted octanol–water partition coefficient (Wildman–Crippen LogP) is 5.26. The van der Waals surface area contributed by atoms with Crippen LogP contribution in [0.25, 0.3) is 11.1 Å². The highest BCUT2D eigenvalue weighted by Crippen LogP contribution is 2.39. The first-order valence-electron chi connectivity index (χ1n) is 8.32. The molecule has 1 aromatic carbocycles. The first-order valence-corrected chi connectivity index (χ1v) is 8.32. The average Bonchev–Trinajstić information content (AvgIpc) is 3.08. The van der Waals surface area contributed by atoms with Crippen molar-refractivity contribution < 1.29 is 27.5 Å². The van der Waals surface area contributed by atoms with Gasteiger partial charge in [0, 0.05) is 23.5 Å². The maximum Gasteiger partial charge on any atom is 0.417 e. The number of benzene rings is 1. The standard InChI is InChI=1S/C19H17F4NO2/c20-16-8-12(17(18(25)26)11-3-1-2-4-11)5-6-15(16)13-7-14(10-24-9-13)19(21,22)23/h5-11,17H,1-4H2,(H,25,26). The molecule has 0 amide bonds. The van der Waals surface area contributed by atoms with Crippen molar-refractivity contribution in [1.82, 2.24) is 4.98 Å². The molecule has 138 valence electrons. The lowest BCUT2D eigenvalue weighted by Crippen LogP contribution is -2.19. The van der Waals surface area contributed by atoms with Crippen LogP contribution in [-0.4, -0.2) is 16.1 Å². The fraction of sp³-hybridized carbons (Fsp3) is 0.368. The molecule has 0 radical (unpaired) electrons. The number of pyridine rings is 1. The van der Waals surface area contributed by atoms with Gasteiger partial charge < -0.3 is 5.11 Å². The van der Waals surface area contributed by atoms with Crippen molar-refractivity contribution in [1.29, 1.82) is 0 Å². The van der Waals surface area contributed by atoms with Gasteiger partial charge in [-0.15, -0.1) is 0 Å². The summed E-state index contributed by atoms with van der Waals surface area (Å²) in [7, 11) is 0. The Bertz CT molecular complexity index is 813. The number of hydrogen-bond donors (Lipinski definition) is 1. The molecule has 0 spiro atoms. The van der Waals surface area contributed by atoms with Crippen molar-refractivity contribution in [3.8, 4) is 11.1 Å². The largest absolute Gasteiger partial charge is 0.481 e. The van der Waals surface area contributed by atoms with Gasteiger partial charge in [0.25, 0.3) is 0 Å². The summed E-state index contributed by atoms with van der Waals surface area (Å²) in [6, 6.07) is 4.76. The summed E-state index contributed by atoms with van der Waals surface area (Å²) in [6.45, 7) is 0. The van der Waals surface area contributed by atoms with Gasteiger partial charge in [-0.25, -0.2) is 4.39 Å². The van der Waals surface area contributed by atoms with E-state index in [1.165, 1.54) is 12.1 Å². The van der Waals surface area contributed by atoms with E-state index >= 15 is 0 Å². The quantitative estimate of drug-likeness (QED) is 0.750. The lowest BCUT2D eigenvalue weighted by atomic mass is 9.84. The van der Waals surface area contributed by atoms with Gasteiger partial charge in [0.2, 0.25) is 0 Å². The van der Waals surface area contributed by atoms with Crippen molar-refractivity contribution in [2.24, 2.45) is 5.92 Å². The monoisotopic (exact) mass is 367 g/mol. The molecule has 1 saturated carbocycles. The number of aromatic nitrogens is 1. The zero-order valence-corrected chi connectivity index (χ0v) is 13.8. The Hall–Kier alpha value is -2.44. The Morgan fingerprint density at radius 2 is 1.85 bits per heavy atom. The van der Waals surface area contributed by atoms with Crippen molar-refractivity contribution >= 4 is 5.97 Å². The Morgan fingerprint density at radius 3 is 2.42 bits per heavy atom. The third-order valence-electron chi connectivity index (χ3n) is 4.87. The van der Waals surface area contributed by atoms with Gasteiger partial charge in [0.05, 0.1) is 11.5 Å². The van der Waals surface area contributed by atoms with E-state index in [9.17, 15) is 27.5 Å². The first kappa shape index (κ1) is 18.4. The van der Waals surface area contributed by atoms with Crippen LogP contribution in [0.1, 0.15) is 42.7 Å². The number of alkyl halides is 3. The van der Waals surface area contributed by atoms with Crippen LogP contribution in [0.3, 0.4) is 0 Å². The van der Waals surface area contributed by atoms with Gasteiger partial charge >= 0.3 is 12.1 Å². The van der Waals surface area contributed by atoms with Gasteiger partial charge in [-0.2, -0.15) is 13.2 Å². The van der Waals surface area contributed by atoms with Gasteiger partial charge in [0.1, 0.15) is 5.82 Å². The average molecular weight is 367 g/mol. The van der Waals surface area contributed by atoms with E-state index in [-0.39, 0.29) is 17.0 Å². The van der Waals surface area contributed by atoms with Crippen LogP contribution < -0.4 is 0 Å². The summed E-state index contributed by atoms with van der Waals surface area (Å²) in [5, 5.41) is 9.53. The molecular weight excluding hydrogens is 350 g/mol. The van der Waals surface area contributed by atoms with Gasteiger partial charge in [-0.1, -0.05) is 25.0 Å². The number of carboxylic acid groups (broad SMARTS) is 1. The second-order valence-corrected chi connectivity index (χ2v) is 6.56. The third-order valence-corrected chi connectivity index (χ3v) is 4.87.